The molecule has 3 rings (SSSR count). The number of piperidine rings is 1. The molecule has 1 aromatic heterocycles. The van der Waals surface area contributed by atoms with Gasteiger partial charge in [-0.3, -0.25) is 0 Å². The minimum absolute atomic E-state index is 0.101. The maximum absolute atomic E-state index is 12.4. The van der Waals surface area contributed by atoms with Gasteiger partial charge in [-0.05, 0) is 39.2 Å². The fraction of sp³-hybridized carbons (Fsp3) is 0.500. The number of amides is 1. The molecule has 0 spiro atoms. The number of likely N-dealkylation sites (tertiary alicyclic amines) is 1. The van der Waals surface area contributed by atoms with Crippen molar-refractivity contribution in [2.24, 2.45) is 5.73 Å². The molecule has 7 nitrogen and oxygen atoms in total. The van der Waals surface area contributed by atoms with Gasteiger partial charge < -0.3 is 20.1 Å². The van der Waals surface area contributed by atoms with Crippen molar-refractivity contribution in [2.75, 3.05) is 13.1 Å². The summed E-state index contributed by atoms with van der Waals surface area (Å²) in [6, 6.07) is 8.54. The Bertz CT molecular complexity index is 863. The Morgan fingerprint density at radius 2 is 2.03 bits per heavy atom. The Balaban J connectivity index is 1.58. The predicted molar refractivity (Wildman–Crippen MR) is 115 cm³/mol. The van der Waals surface area contributed by atoms with Crippen LogP contribution < -0.4 is 5.73 Å². The summed E-state index contributed by atoms with van der Waals surface area (Å²) >= 11 is 1.35. The molecule has 2 atom stereocenters. The van der Waals surface area contributed by atoms with Crippen LogP contribution in [-0.4, -0.2) is 40.6 Å². The molecule has 2 aromatic rings. The summed E-state index contributed by atoms with van der Waals surface area (Å²) in [4.78, 5) is 31.0. The first kappa shape index (κ1) is 22.2. The average molecular weight is 432 g/mol. The molecule has 162 valence electrons. The number of hydrogen-bond acceptors (Lipinski definition) is 7. The highest BCUT2D eigenvalue weighted by molar-refractivity contribution is 7.09. The maximum atomic E-state index is 12.4. The van der Waals surface area contributed by atoms with Gasteiger partial charge in [0.15, 0.2) is 6.04 Å². The van der Waals surface area contributed by atoms with E-state index in [1.54, 1.807) is 4.90 Å². The fourth-order valence-corrected chi connectivity index (χ4v) is 4.15. The van der Waals surface area contributed by atoms with E-state index in [9.17, 15) is 9.59 Å². The number of hydrogen-bond donors (Lipinski definition) is 1. The van der Waals surface area contributed by atoms with Crippen molar-refractivity contribution < 1.29 is 19.1 Å². The van der Waals surface area contributed by atoms with E-state index >= 15 is 0 Å². The SMILES string of the molecule is CC(C)(C)OC(=O)N1CCCC(c2csc(C(N)C(=O)OCc3ccccc3)n2)C1. The number of ether oxygens (including phenoxy) is 2. The third-order valence-corrected chi connectivity index (χ3v) is 5.72. The van der Waals surface area contributed by atoms with E-state index in [-0.39, 0.29) is 18.6 Å². The Morgan fingerprint density at radius 3 is 2.73 bits per heavy atom. The van der Waals surface area contributed by atoms with Gasteiger partial charge in [-0.25, -0.2) is 14.6 Å². The zero-order chi connectivity index (χ0) is 21.7. The van der Waals surface area contributed by atoms with E-state index in [0.29, 0.717) is 18.1 Å². The molecule has 1 aliphatic heterocycles. The lowest BCUT2D eigenvalue weighted by atomic mass is 9.96. The Morgan fingerprint density at radius 1 is 1.30 bits per heavy atom. The maximum Gasteiger partial charge on any atom is 0.410 e. The van der Waals surface area contributed by atoms with Crippen molar-refractivity contribution in [2.45, 2.75) is 57.8 Å². The molecule has 8 heteroatoms. The van der Waals surface area contributed by atoms with Crippen LogP contribution in [0.2, 0.25) is 0 Å². The summed E-state index contributed by atoms with van der Waals surface area (Å²) in [6.07, 6.45) is 1.50. The number of aromatic nitrogens is 1. The van der Waals surface area contributed by atoms with Gasteiger partial charge in [0.1, 0.15) is 17.2 Å². The summed E-state index contributed by atoms with van der Waals surface area (Å²) in [7, 11) is 0. The van der Waals surface area contributed by atoms with E-state index < -0.39 is 17.6 Å². The van der Waals surface area contributed by atoms with Crippen LogP contribution in [0.15, 0.2) is 35.7 Å². The smallest absolute Gasteiger partial charge is 0.410 e. The number of carbonyl (C=O) groups is 2. The van der Waals surface area contributed by atoms with Crippen LogP contribution in [0.5, 0.6) is 0 Å². The topological polar surface area (TPSA) is 94.8 Å². The molecule has 0 bridgehead atoms. The third-order valence-electron chi connectivity index (χ3n) is 4.77. The average Bonchev–Trinajstić information content (AvgIpc) is 3.21. The number of benzene rings is 1. The standard InChI is InChI=1S/C22H29N3O4S/c1-22(2,3)29-21(27)25-11-7-10-16(12-25)17-14-30-19(24-17)18(23)20(26)28-13-15-8-5-4-6-9-15/h4-6,8-9,14,16,18H,7,10-13,23H2,1-3H3. The van der Waals surface area contributed by atoms with Gasteiger partial charge in [-0.1, -0.05) is 30.3 Å². The highest BCUT2D eigenvalue weighted by Gasteiger charge is 2.30. The molecule has 2 N–H and O–H groups in total. The van der Waals surface area contributed by atoms with Crippen LogP contribution in [0, 0.1) is 0 Å². The summed E-state index contributed by atoms with van der Waals surface area (Å²) in [5, 5.41) is 2.44. The Hall–Kier alpha value is -2.45. The van der Waals surface area contributed by atoms with Gasteiger partial charge >= 0.3 is 12.1 Å². The molecule has 1 saturated heterocycles. The van der Waals surface area contributed by atoms with Gasteiger partial charge in [-0.15, -0.1) is 11.3 Å². The highest BCUT2D eigenvalue weighted by Crippen LogP contribution is 2.30. The van der Waals surface area contributed by atoms with E-state index in [2.05, 4.69) is 4.98 Å². The zero-order valence-electron chi connectivity index (χ0n) is 17.7. The molecule has 1 amide bonds. The number of nitrogens with zero attached hydrogens (tertiary/aromatic N) is 2. The molecular weight excluding hydrogens is 402 g/mol. The van der Waals surface area contributed by atoms with Crippen LogP contribution in [0.1, 0.15) is 61.8 Å². The number of nitrogens with two attached hydrogens (primary N) is 1. The largest absolute Gasteiger partial charge is 0.459 e. The highest BCUT2D eigenvalue weighted by atomic mass is 32.1. The lowest BCUT2D eigenvalue weighted by Gasteiger charge is -2.33. The molecular formula is C22H29N3O4S. The van der Waals surface area contributed by atoms with Crippen molar-refractivity contribution in [1.29, 1.82) is 0 Å². The second kappa shape index (κ2) is 9.57. The molecule has 1 aliphatic rings. The number of carbonyl (C=O) groups excluding carboxylic acids is 2. The fourth-order valence-electron chi connectivity index (χ4n) is 3.26. The van der Waals surface area contributed by atoms with Crippen molar-refractivity contribution >= 4 is 23.4 Å². The first-order chi connectivity index (χ1) is 14.2. The van der Waals surface area contributed by atoms with E-state index in [1.165, 1.54) is 11.3 Å². The Labute approximate surface area is 181 Å². The number of rotatable bonds is 5. The quantitative estimate of drug-likeness (QED) is 0.719. The van der Waals surface area contributed by atoms with Gasteiger partial charge in [0.25, 0.3) is 0 Å². The molecule has 0 saturated carbocycles. The van der Waals surface area contributed by atoms with Crippen molar-refractivity contribution in [3.05, 3.63) is 52.0 Å². The number of esters is 1. The molecule has 2 heterocycles. The Kier molecular flexibility index (Phi) is 7.10. The van der Waals surface area contributed by atoms with Gasteiger partial charge in [0, 0.05) is 24.4 Å². The normalized spacial score (nSPS) is 18.0. The lowest BCUT2D eigenvalue weighted by molar-refractivity contribution is -0.146. The van der Waals surface area contributed by atoms with E-state index in [0.717, 1.165) is 24.1 Å². The van der Waals surface area contributed by atoms with Gasteiger partial charge in [0.05, 0.1) is 5.69 Å². The molecule has 1 fully saturated rings. The summed E-state index contributed by atoms with van der Waals surface area (Å²) in [5.74, 6) is -0.400. The molecule has 0 radical (unpaired) electrons. The van der Waals surface area contributed by atoms with Crippen molar-refractivity contribution in [3.8, 4) is 0 Å². The van der Waals surface area contributed by atoms with Crippen LogP contribution in [0.3, 0.4) is 0 Å². The van der Waals surface area contributed by atoms with Crippen LogP contribution in [0.25, 0.3) is 0 Å². The van der Waals surface area contributed by atoms with Crippen LogP contribution in [0.4, 0.5) is 4.79 Å². The van der Waals surface area contributed by atoms with Gasteiger partial charge in [0.2, 0.25) is 0 Å². The second-order valence-corrected chi connectivity index (χ2v) is 9.34. The molecule has 2 unspecified atom stereocenters. The van der Waals surface area contributed by atoms with Crippen molar-refractivity contribution in [3.63, 3.8) is 0 Å². The lowest BCUT2D eigenvalue weighted by Crippen LogP contribution is -2.42. The molecule has 1 aromatic carbocycles. The van der Waals surface area contributed by atoms with E-state index in [4.69, 9.17) is 15.2 Å². The monoisotopic (exact) mass is 431 g/mol. The van der Waals surface area contributed by atoms with Crippen LogP contribution >= 0.6 is 11.3 Å². The first-order valence-electron chi connectivity index (χ1n) is 10.1. The molecule has 30 heavy (non-hydrogen) atoms. The molecule has 0 aliphatic carbocycles. The third kappa shape index (κ3) is 6.03. The van der Waals surface area contributed by atoms with E-state index in [1.807, 2.05) is 56.5 Å². The minimum atomic E-state index is -0.919. The number of thiazole rings is 1. The predicted octanol–water partition coefficient (Wildman–Crippen LogP) is 4.00. The zero-order valence-corrected chi connectivity index (χ0v) is 18.5. The summed E-state index contributed by atoms with van der Waals surface area (Å²) < 4.78 is 10.8. The van der Waals surface area contributed by atoms with Crippen LogP contribution in [-0.2, 0) is 20.9 Å². The first-order valence-corrected chi connectivity index (χ1v) is 11.0. The minimum Gasteiger partial charge on any atom is -0.459 e. The summed E-state index contributed by atoms with van der Waals surface area (Å²) in [5.41, 5.74) is 7.32. The second-order valence-electron chi connectivity index (χ2n) is 8.45. The summed E-state index contributed by atoms with van der Waals surface area (Å²) in [6.45, 7) is 6.98. The van der Waals surface area contributed by atoms with Crippen molar-refractivity contribution in [1.82, 2.24) is 9.88 Å². The van der Waals surface area contributed by atoms with Gasteiger partial charge in [-0.2, -0.15) is 0 Å².